The van der Waals surface area contributed by atoms with Gasteiger partial charge in [-0.15, -0.1) is 0 Å². The molecule has 13 aromatic carbocycles. The lowest BCUT2D eigenvalue weighted by molar-refractivity contribution is 1.14. The van der Waals surface area contributed by atoms with Crippen LogP contribution in [0.4, 0.5) is 5.69 Å². The van der Waals surface area contributed by atoms with Crippen LogP contribution in [0.3, 0.4) is 0 Å². The summed E-state index contributed by atoms with van der Waals surface area (Å²) in [5.41, 5.74) is 17.4. The fraction of sp³-hybridized carbons (Fsp3) is 0. The molecular weight excluding hydrogens is 997 g/mol. The summed E-state index contributed by atoms with van der Waals surface area (Å²) in [6, 6.07) is 97.7. The minimum absolute atomic E-state index is 0.445. The number of para-hydroxylation sites is 4. The Morgan fingerprint density at radius 3 is 1.11 bits per heavy atom. The maximum atomic E-state index is 11.4. The molecule has 82 heavy (non-hydrogen) atoms. The summed E-state index contributed by atoms with van der Waals surface area (Å²) in [6.07, 6.45) is 0. The largest absolute Gasteiger partial charge is 0.319 e. The number of hydrogen-bond donors (Lipinski definition) is 0. The molecule has 6 heteroatoms. The standard InChI is InChI=1S/C76H44N6/c1-78-64-45-73(81-69-36-32-51(42-62(69)75-56-22-10-8-16-47(56)28-38-71(75)81)49-30-34-67-60(40-49)58-24-12-14-26-65(58)79(67)54-18-4-2-5-19-54)53(46-77)44-74(64)82-70-37-33-52(43-63(70)76-57-23-11-9-17-48(57)29-39-72(76)82)50-31-35-68-61(41-50)59-25-13-15-27-66(59)80(68)55-20-6-3-7-21-55/h2-45H. The van der Waals surface area contributed by atoms with E-state index in [1.54, 1.807) is 0 Å². The molecule has 0 bridgehead atoms. The van der Waals surface area contributed by atoms with Crippen molar-refractivity contribution in [1.29, 1.82) is 5.26 Å². The number of hydrogen-bond acceptors (Lipinski definition) is 1. The predicted molar refractivity (Wildman–Crippen MR) is 341 cm³/mol. The van der Waals surface area contributed by atoms with Crippen LogP contribution in [0.25, 0.3) is 159 Å². The molecule has 0 N–H and O–H groups in total. The Labute approximate surface area is 470 Å². The number of nitrogens with zero attached hydrogens (tertiary/aromatic N) is 6. The Morgan fingerprint density at radius 1 is 0.293 bits per heavy atom. The third-order valence-electron chi connectivity index (χ3n) is 17.2. The van der Waals surface area contributed by atoms with Crippen LogP contribution in [-0.4, -0.2) is 18.3 Å². The molecule has 4 heterocycles. The molecule has 0 fully saturated rings. The summed E-state index contributed by atoms with van der Waals surface area (Å²) in [6.45, 7) is 8.94. The van der Waals surface area contributed by atoms with Gasteiger partial charge in [0.2, 0.25) is 5.69 Å². The Kier molecular flexibility index (Phi) is 9.74. The molecule has 0 spiro atoms. The van der Waals surface area contributed by atoms with Crippen molar-refractivity contribution in [1.82, 2.24) is 18.3 Å². The first-order valence-corrected chi connectivity index (χ1v) is 27.7. The summed E-state index contributed by atoms with van der Waals surface area (Å²) in [4.78, 5) is 4.33. The van der Waals surface area contributed by atoms with Gasteiger partial charge in [-0.2, -0.15) is 5.26 Å². The molecule has 0 saturated carbocycles. The summed E-state index contributed by atoms with van der Waals surface area (Å²) in [5, 5.41) is 25.1. The van der Waals surface area contributed by atoms with Gasteiger partial charge < -0.3 is 18.3 Å². The van der Waals surface area contributed by atoms with Crippen molar-refractivity contribution < 1.29 is 0 Å². The van der Waals surface area contributed by atoms with Gasteiger partial charge in [-0.05, 0) is 153 Å². The van der Waals surface area contributed by atoms with Crippen LogP contribution in [0.1, 0.15) is 5.56 Å². The molecule has 4 aromatic heterocycles. The third kappa shape index (κ3) is 6.55. The molecule has 378 valence electrons. The van der Waals surface area contributed by atoms with E-state index in [4.69, 9.17) is 6.57 Å². The smallest absolute Gasteiger partial charge is 0.212 e. The van der Waals surface area contributed by atoms with Gasteiger partial charge >= 0.3 is 0 Å². The molecule has 0 aliphatic carbocycles. The molecule has 0 saturated heterocycles. The van der Waals surface area contributed by atoms with E-state index in [0.717, 1.165) is 110 Å². The van der Waals surface area contributed by atoms with Crippen molar-refractivity contribution in [2.24, 2.45) is 0 Å². The Balaban J connectivity index is 0.852. The molecule has 0 aliphatic rings. The lowest BCUT2D eigenvalue weighted by atomic mass is 9.99. The quantitative estimate of drug-likeness (QED) is 0.153. The molecule has 0 radical (unpaired) electrons. The van der Waals surface area contributed by atoms with Crippen molar-refractivity contribution >= 4 is 114 Å². The van der Waals surface area contributed by atoms with Crippen molar-refractivity contribution in [3.05, 3.63) is 284 Å². The van der Waals surface area contributed by atoms with Crippen molar-refractivity contribution in [3.63, 3.8) is 0 Å². The molecule has 0 amide bonds. The average Bonchev–Trinajstić information content (AvgIpc) is 4.48. The summed E-state index contributed by atoms with van der Waals surface area (Å²) in [5.74, 6) is 0. The van der Waals surface area contributed by atoms with Gasteiger partial charge in [-0.1, -0.05) is 158 Å². The number of benzene rings is 13. The SMILES string of the molecule is [C-]#[N+]c1cc(-n2c3ccc(-c4ccc5c(c4)c4ccccc4n5-c4ccccc4)cc3c3c4ccccc4ccc32)c(C#N)cc1-n1c2ccc(-c3ccc4c(c3)c3ccccc3n4-c3ccccc3)cc2c2c3ccccc3ccc21. The van der Waals surface area contributed by atoms with E-state index in [-0.39, 0.29) is 0 Å². The van der Waals surface area contributed by atoms with E-state index in [2.05, 4.69) is 284 Å². The Hall–Kier alpha value is -11.4. The maximum absolute atomic E-state index is 11.4. The van der Waals surface area contributed by atoms with E-state index >= 15 is 0 Å². The topological polar surface area (TPSA) is 47.9 Å². The highest BCUT2D eigenvalue weighted by molar-refractivity contribution is 6.24. The van der Waals surface area contributed by atoms with Crippen molar-refractivity contribution in [2.45, 2.75) is 0 Å². The van der Waals surface area contributed by atoms with Crippen LogP contribution in [0.5, 0.6) is 0 Å². The van der Waals surface area contributed by atoms with Gasteiger partial charge in [-0.3, -0.25) is 0 Å². The second-order valence-electron chi connectivity index (χ2n) is 21.4. The van der Waals surface area contributed by atoms with Crippen molar-refractivity contribution in [2.75, 3.05) is 0 Å². The van der Waals surface area contributed by atoms with E-state index in [1.165, 1.54) is 32.6 Å². The lowest BCUT2D eigenvalue weighted by Crippen LogP contribution is -2.01. The minimum atomic E-state index is 0.445. The number of fused-ring (bicyclic) bond motifs is 16. The molecule has 0 aliphatic heterocycles. The summed E-state index contributed by atoms with van der Waals surface area (Å²) in [7, 11) is 0. The van der Waals surface area contributed by atoms with Crippen LogP contribution in [0.15, 0.2) is 267 Å². The Bertz CT molecular complexity index is 5310. The molecule has 0 unspecified atom stereocenters. The summed E-state index contributed by atoms with van der Waals surface area (Å²) < 4.78 is 9.10. The number of aromatic nitrogens is 4. The Morgan fingerprint density at radius 2 is 0.659 bits per heavy atom. The van der Waals surface area contributed by atoms with Crippen LogP contribution >= 0.6 is 0 Å². The highest BCUT2D eigenvalue weighted by Crippen LogP contribution is 2.46. The van der Waals surface area contributed by atoms with Crippen LogP contribution in [0, 0.1) is 17.9 Å². The first-order valence-electron chi connectivity index (χ1n) is 27.7. The average molecular weight is 1040 g/mol. The van der Waals surface area contributed by atoms with Crippen LogP contribution in [0.2, 0.25) is 0 Å². The van der Waals surface area contributed by atoms with Crippen molar-refractivity contribution in [3.8, 4) is 51.1 Å². The van der Waals surface area contributed by atoms with E-state index in [0.29, 0.717) is 22.6 Å². The molecule has 0 atom stereocenters. The second-order valence-corrected chi connectivity index (χ2v) is 21.4. The monoisotopic (exact) mass is 1040 g/mol. The first kappa shape index (κ1) is 45.6. The zero-order valence-electron chi connectivity index (χ0n) is 44.1. The first-order chi connectivity index (χ1) is 40.6. The highest BCUT2D eigenvalue weighted by atomic mass is 15.0. The minimum Gasteiger partial charge on any atom is -0.319 e. The highest BCUT2D eigenvalue weighted by Gasteiger charge is 2.24. The van der Waals surface area contributed by atoms with E-state index in [9.17, 15) is 5.26 Å². The normalized spacial score (nSPS) is 11.9. The second kappa shape index (κ2) is 17.5. The fourth-order valence-corrected chi connectivity index (χ4v) is 13.6. The summed E-state index contributed by atoms with van der Waals surface area (Å²) >= 11 is 0. The van der Waals surface area contributed by atoms with Gasteiger partial charge in [-0.25, -0.2) is 4.85 Å². The molecular formula is C76H44N6. The lowest BCUT2D eigenvalue weighted by Gasteiger charge is -2.16. The number of rotatable bonds is 6. The fourth-order valence-electron chi connectivity index (χ4n) is 13.6. The molecule has 6 nitrogen and oxygen atoms in total. The van der Waals surface area contributed by atoms with Gasteiger partial charge in [0.05, 0.1) is 67.6 Å². The van der Waals surface area contributed by atoms with Crippen LogP contribution in [-0.2, 0) is 0 Å². The van der Waals surface area contributed by atoms with Gasteiger partial charge in [0.25, 0.3) is 0 Å². The van der Waals surface area contributed by atoms with E-state index in [1.807, 2.05) is 12.1 Å². The van der Waals surface area contributed by atoms with Gasteiger partial charge in [0, 0.05) is 54.5 Å². The zero-order chi connectivity index (χ0) is 54.2. The number of nitriles is 1. The third-order valence-corrected chi connectivity index (χ3v) is 17.2. The molecule has 17 rings (SSSR count). The van der Waals surface area contributed by atoms with Gasteiger partial charge in [0.1, 0.15) is 6.07 Å². The zero-order valence-corrected chi connectivity index (χ0v) is 44.1. The van der Waals surface area contributed by atoms with Crippen LogP contribution < -0.4 is 0 Å². The predicted octanol–water partition coefficient (Wildman–Crippen LogP) is 20.1. The van der Waals surface area contributed by atoms with E-state index < -0.39 is 0 Å². The maximum Gasteiger partial charge on any atom is 0.212 e. The molecule has 17 aromatic rings. The van der Waals surface area contributed by atoms with Gasteiger partial charge in [0.15, 0.2) is 0 Å².